The Labute approximate surface area is 110 Å². The maximum absolute atomic E-state index is 12.0. The lowest BCUT2D eigenvalue weighted by molar-refractivity contribution is 0.0518. The number of nitrogens with one attached hydrogen (secondary N) is 1. The number of hydrogen-bond acceptors (Lipinski definition) is 5. The van der Waals surface area contributed by atoms with Gasteiger partial charge in [0.25, 0.3) is 5.56 Å². The number of esters is 1. The number of carbonyl (C=O) groups is 1. The molecule has 1 aliphatic heterocycles. The van der Waals surface area contributed by atoms with Crippen LogP contribution in [0.25, 0.3) is 0 Å². The van der Waals surface area contributed by atoms with Crippen molar-refractivity contribution < 1.29 is 14.3 Å². The second-order valence-electron chi connectivity index (χ2n) is 4.15. The molecule has 0 fully saturated rings. The van der Waals surface area contributed by atoms with Gasteiger partial charge in [0.1, 0.15) is 11.6 Å². The molecular formula is C13H14N2O4. The SMILES string of the molecule is CCOC(=O)c1c2c([nH]c(=O)c1C#N)CCCOC2. The highest BCUT2D eigenvalue weighted by Crippen LogP contribution is 2.21. The molecule has 0 unspecified atom stereocenters. The predicted molar refractivity (Wildman–Crippen MR) is 65.7 cm³/mol. The van der Waals surface area contributed by atoms with E-state index < -0.39 is 11.5 Å². The molecule has 0 amide bonds. The van der Waals surface area contributed by atoms with Gasteiger partial charge in [-0.2, -0.15) is 5.26 Å². The van der Waals surface area contributed by atoms with Crippen LogP contribution in [0, 0.1) is 11.3 Å². The van der Waals surface area contributed by atoms with Crippen LogP contribution in [0.2, 0.25) is 0 Å². The summed E-state index contributed by atoms with van der Waals surface area (Å²) in [5.41, 5.74) is 0.510. The van der Waals surface area contributed by atoms with Crippen molar-refractivity contribution >= 4 is 5.97 Å². The van der Waals surface area contributed by atoms with Crippen LogP contribution < -0.4 is 5.56 Å². The van der Waals surface area contributed by atoms with Crippen LogP contribution in [-0.4, -0.2) is 24.2 Å². The molecule has 2 heterocycles. The Morgan fingerprint density at radius 2 is 2.37 bits per heavy atom. The molecular weight excluding hydrogens is 248 g/mol. The van der Waals surface area contributed by atoms with E-state index in [0.29, 0.717) is 24.3 Å². The zero-order valence-corrected chi connectivity index (χ0v) is 10.6. The molecule has 0 aliphatic carbocycles. The molecule has 6 heteroatoms. The minimum atomic E-state index is -0.646. The summed E-state index contributed by atoms with van der Waals surface area (Å²) in [6.07, 6.45) is 1.37. The van der Waals surface area contributed by atoms with Crippen LogP contribution >= 0.6 is 0 Å². The summed E-state index contributed by atoms with van der Waals surface area (Å²) in [6, 6.07) is 1.77. The molecule has 0 saturated carbocycles. The van der Waals surface area contributed by atoms with E-state index >= 15 is 0 Å². The van der Waals surface area contributed by atoms with Gasteiger partial charge in [-0.15, -0.1) is 0 Å². The molecule has 1 aromatic heterocycles. The maximum atomic E-state index is 12.0. The average Bonchev–Trinajstić information content (AvgIpc) is 2.62. The third kappa shape index (κ3) is 2.51. The van der Waals surface area contributed by atoms with Crippen LogP contribution in [0.1, 0.15) is 40.5 Å². The van der Waals surface area contributed by atoms with Crippen molar-refractivity contribution in [1.82, 2.24) is 4.98 Å². The van der Waals surface area contributed by atoms with Gasteiger partial charge < -0.3 is 14.5 Å². The molecule has 0 saturated heterocycles. The lowest BCUT2D eigenvalue weighted by Crippen LogP contribution is -2.23. The summed E-state index contributed by atoms with van der Waals surface area (Å²) in [4.78, 5) is 26.5. The fourth-order valence-corrected chi connectivity index (χ4v) is 2.12. The summed E-state index contributed by atoms with van der Waals surface area (Å²) in [5, 5.41) is 9.07. The summed E-state index contributed by atoms with van der Waals surface area (Å²) in [6.45, 7) is 2.62. The number of nitriles is 1. The van der Waals surface area contributed by atoms with E-state index in [1.165, 1.54) is 0 Å². The fraction of sp³-hybridized carbons (Fsp3) is 0.462. The van der Waals surface area contributed by atoms with E-state index in [0.717, 1.165) is 6.42 Å². The number of aryl methyl sites for hydroxylation is 1. The lowest BCUT2D eigenvalue weighted by Gasteiger charge is -2.12. The topological polar surface area (TPSA) is 92.2 Å². The van der Waals surface area contributed by atoms with Gasteiger partial charge in [0, 0.05) is 17.9 Å². The molecule has 1 aliphatic rings. The van der Waals surface area contributed by atoms with Gasteiger partial charge in [-0.25, -0.2) is 4.79 Å². The zero-order chi connectivity index (χ0) is 13.8. The Bertz CT molecular complexity index is 598. The van der Waals surface area contributed by atoms with Crippen LogP contribution in [0.4, 0.5) is 0 Å². The largest absolute Gasteiger partial charge is 0.462 e. The van der Waals surface area contributed by atoms with Gasteiger partial charge in [-0.3, -0.25) is 4.79 Å². The molecule has 19 heavy (non-hydrogen) atoms. The van der Waals surface area contributed by atoms with E-state index in [1.54, 1.807) is 13.0 Å². The van der Waals surface area contributed by atoms with Crippen molar-refractivity contribution in [2.75, 3.05) is 13.2 Å². The second kappa shape index (κ2) is 5.67. The first-order chi connectivity index (χ1) is 9.19. The van der Waals surface area contributed by atoms with E-state index in [9.17, 15) is 9.59 Å². The number of aromatic nitrogens is 1. The number of aromatic amines is 1. The Balaban J connectivity index is 2.66. The quantitative estimate of drug-likeness (QED) is 0.799. The number of rotatable bonds is 2. The van der Waals surface area contributed by atoms with Crippen molar-refractivity contribution in [2.24, 2.45) is 0 Å². The van der Waals surface area contributed by atoms with Crippen LogP contribution in [0.5, 0.6) is 0 Å². The highest BCUT2D eigenvalue weighted by molar-refractivity contribution is 5.94. The Morgan fingerprint density at radius 3 is 3.05 bits per heavy atom. The normalized spacial score (nSPS) is 14.1. The summed E-state index contributed by atoms with van der Waals surface area (Å²) >= 11 is 0. The predicted octanol–water partition coefficient (Wildman–Crippen LogP) is 0.886. The maximum Gasteiger partial charge on any atom is 0.340 e. The van der Waals surface area contributed by atoms with Gasteiger partial charge in [-0.05, 0) is 19.8 Å². The second-order valence-corrected chi connectivity index (χ2v) is 4.15. The summed E-state index contributed by atoms with van der Waals surface area (Å²) in [5.74, 6) is -0.646. The molecule has 0 bridgehead atoms. The Morgan fingerprint density at radius 1 is 1.58 bits per heavy atom. The van der Waals surface area contributed by atoms with Gasteiger partial charge in [0.2, 0.25) is 0 Å². The van der Waals surface area contributed by atoms with Gasteiger partial charge in [-0.1, -0.05) is 0 Å². The van der Waals surface area contributed by atoms with Crippen molar-refractivity contribution in [1.29, 1.82) is 5.26 Å². The number of pyridine rings is 1. The van der Waals surface area contributed by atoms with E-state index in [1.807, 2.05) is 0 Å². The molecule has 6 nitrogen and oxygen atoms in total. The van der Waals surface area contributed by atoms with Gasteiger partial charge in [0.05, 0.1) is 18.8 Å². The number of hydrogen-bond donors (Lipinski definition) is 1. The zero-order valence-electron chi connectivity index (χ0n) is 10.6. The monoisotopic (exact) mass is 262 g/mol. The molecule has 0 radical (unpaired) electrons. The number of ether oxygens (including phenoxy) is 2. The van der Waals surface area contributed by atoms with Crippen molar-refractivity contribution in [3.8, 4) is 6.07 Å². The summed E-state index contributed by atoms with van der Waals surface area (Å²) < 4.78 is 10.3. The molecule has 0 spiro atoms. The minimum absolute atomic E-state index is 0.0463. The van der Waals surface area contributed by atoms with Crippen molar-refractivity contribution in [3.63, 3.8) is 0 Å². The van der Waals surface area contributed by atoms with Crippen LogP contribution in [-0.2, 0) is 22.5 Å². The molecule has 0 atom stereocenters. The van der Waals surface area contributed by atoms with Gasteiger partial charge in [0.15, 0.2) is 0 Å². The highest BCUT2D eigenvalue weighted by atomic mass is 16.5. The molecule has 1 aromatic rings. The van der Waals surface area contributed by atoms with Crippen LogP contribution in [0.15, 0.2) is 4.79 Å². The highest BCUT2D eigenvalue weighted by Gasteiger charge is 2.25. The molecule has 2 rings (SSSR count). The minimum Gasteiger partial charge on any atom is -0.462 e. The number of nitrogens with zero attached hydrogens (tertiary/aromatic N) is 1. The first-order valence-electron chi connectivity index (χ1n) is 6.12. The van der Waals surface area contributed by atoms with E-state index in [-0.39, 0.29) is 24.3 Å². The number of fused-ring (bicyclic) bond motifs is 1. The Hall–Kier alpha value is -2.13. The number of H-pyrrole nitrogens is 1. The van der Waals surface area contributed by atoms with Crippen LogP contribution in [0.3, 0.4) is 0 Å². The van der Waals surface area contributed by atoms with Crippen molar-refractivity contribution in [3.05, 3.63) is 32.7 Å². The standard InChI is InChI=1S/C13H14N2O4/c1-2-19-13(17)11-8(6-14)12(16)15-10-4-3-5-18-7-9(10)11/h2-5,7H2,1H3,(H,15,16). The van der Waals surface area contributed by atoms with Gasteiger partial charge >= 0.3 is 5.97 Å². The lowest BCUT2D eigenvalue weighted by atomic mass is 10.0. The first-order valence-corrected chi connectivity index (χ1v) is 6.12. The molecule has 0 aromatic carbocycles. The Kier molecular flexibility index (Phi) is 3.97. The first kappa shape index (κ1) is 13.3. The molecule has 100 valence electrons. The molecule has 1 N–H and O–H groups in total. The van der Waals surface area contributed by atoms with E-state index in [4.69, 9.17) is 14.7 Å². The third-order valence-corrected chi connectivity index (χ3v) is 2.96. The summed E-state index contributed by atoms with van der Waals surface area (Å²) in [7, 11) is 0. The third-order valence-electron chi connectivity index (χ3n) is 2.96. The van der Waals surface area contributed by atoms with E-state index in [2.05, 4.69) is 4.98 Å². The fourth-order valence-electron chi connectivity index (χ4n) is 2.12. The smallest absolute Gasteiger partial charge is 0.340 e. The van der Waals surface area contributed by atoms with Crippen molar-refractivity contribution in [2.45, 2.75) is 26.4 Å². The average molecular weight is 262 g/mol. The number of carbonyl (C=O) groups excluding carboxylic acids is 1.